The van der Waals surface area contributed by atoms with Gasteiger partial charge < -0.3 is 25.9 Å². The summed E-state index contributed by atoms with van der Waals surface area (Å²) in [4.78, 5) is 2.08. The highest BCUT2D eigenvalue weighted by Crippen LogP contribution is 2.07. The molecule has 6 heteroatoms. The van der Waals surface area contributed by atoms with Gasteiger partial charge in [-0.25, -0.2) is 0 Å². The molecule has 0 aromatic heterocycles. The summed E-state index contributed by atoms with van der Waals surface area (Å²) in [6.45, 7) is 3.74. The first-order chi connectivity index (χ1) is 9.65. The van der Waals surface area contributed by atoms with Crippen LogP contribution in [0.4, 0.5) is 0 Å². The van der Waals surface area contributed by atoms with Gasteiger partial charge in [0.05, 0.1) is 13.2 Å². The number of oxime groups is 1. The Balaban J connectivity index is 2.29. The monoisotopic (exact) mass is 280 g/mol. The molecule has 6 nitrogen and oxygen atoms in total. The summed E-state index contributed by atoms with van der Waals surface area (Å²) in [5.41, 5.74) is 7.38. The number of benzene rings is 1. The third kappa shape index (κ3) is 6.01. The molecule has 0 fully saturated rings. The van der Waals surface area contributed by atoms with Crippen LogP contribution in [0, 0.1) is 0 Å². The number of nitrogens with one attached hydrogen (secondary N) is 1. The average Bonchev–Trinajstić information content (AvgIpc) is 2.45. The Morgan fingerprint density at radius 2 is 2.10 bits per heavy atom. The Bertz CT molecular complexity index is 421. The molecule has 0 aliphatic rings. The van der Waals surface area contributed by atoms with E-state index in [1.165, 1.54) is 0 Å². The minimum Gasteiger partial charge on any atom is -0.409 e. The lowest BCUT2D eigenvalue weighted by molar-refractivity contribution is 0.119. The van der Waals surface area contributed by atoms with E-state index in [1.807, 2.05) is 38.4 Å². The van der Waals surface area contributed by atoms with Gasteiger partial charge in [0.2, 0.25) is 0 Å². The number of nitrogens with zero attached hydrogens (tertiary/aromatic N) is 2. The highest BCUT2D eigenvalue weighted by Gasteiger charge is 2.05. The van der Waals surface area contributed by atoms with Crippen LogP contribution in [0.2, 0.25) is 0 Å². The lowest BCUT2D eigenvalue weighted by Gasteiger charge is -2.11. The lowest BCUT2D eigenvalue weighted by Crippen LogP contribution is -2.24. The zero-order valence-corrected chi connectivity index (χ0v) is 12.2. The Kier molecular flexibility index (Phi) is 7.64. The van der Waals surface area contributed by atoms with Crippen molar-refractivity contribution in [3.05, 3.63) is 35.4 Å². The smallest absolute Gasteiger partial charge is 0.170 e. The standard InChI is InChI=1S/C14H24N4O2/c1-18(2)8-10-20-9-7-16-11-12-5-3-4-6-13(12)14(15)17-19/h3-6,16,19H,7-11H2,1-2H3,(H2,15,17). The van der Waals surface area contributed by atoms with Crippen molar-refractivity contribution in [2.45, 2.75) is 6.54 Å². The van der Waals surface area contributed by atoms with Crippen LogP contribution in [0.1, 0.15) is 11.1 Å². The van der Waals surface area contributed by atoms with Crippen LogP contribution in [-0.4, -0.2) is 56.3 Å². The second-order valence-corrected chi connectivity index (χ2v) is 4.73. The van der Waals surface area contributed by atoms with Gasteiger partial charge in [0, 0.05) is 25.2 Å². The van der Waals surface area contributed by atoms with Gasteiger partial charge in [-0.3, -0.25) is 0 Å². The summed E-state index contributed by atoms with van der Waals surface area (Å²) in [5.74, 6) is 0.129. The Morgan fingerprint density at radius 3 is 2.80 bits per heavy atom. The molecule has 0 amide bonds. The second-order valence-electron chi connectivity index (χ2n) is 4.73. The van der Waals surface area contributed by atoms with E-state index < -0.39 is 0 Å². The van der Waals surface area contributed by atoms with Crippen LogP contribution in [0.3, 0.4) is 0 Å². The maximum atomic E-state index is 8.74. The van der Waals surface area contributed by atoms with Crippen LogP contribution in [0.25, 0.3) is 0 Å². The molecular weight excluding hydrogens is 256 g/mol. The Morgan fingerprint density at radius 1 is 1.35 bits per heavy atom. The van der Waals surface area contributed by atoms with Crippen LogP contribution in [0.15, 0.2) is 29.4 Å². The van der Waals surface area contributed by atoms with Crippen molar-refractivity contribution >= 4 is 5.84 Å². The maximum Gasteiger partial charge on any atom is 0.170 e. The molecule has 4 N–H and O–H groups in total. The molecular formula is C14H24N4O2. The van der Waals surface area contributed by atoms with Gasteiger partial charge in [0.1, 0.15) is 0 Å². The number of amidine groups is 1. The Labute approximate surface area is 120 Å². The van der Waals surface area contributed by atoms with E-state index in [0.717, 1.165) is 30.8 Å². The fourth-order valence-electron chi connectivity index (χ4n) is 1.69. The van der Waals surface area contributed by atoms with Gasteiger partial charge in [-0.1, -0.05) is 29.4 Å². The van der Waals surface area contributed by atoms with Gasteiger partial charge in [0.15, 0.2) is 5.84 Å². The predicted octanol–water partition coefficient (Wildman–Crippen LogP) is 0.449. The van der Waals surface area contributed by atoms with Crippen molar-refractivity contribution < 1.29 is 9.94 Å². The normalized spacial score (nSPS) is 12.1. The molecule has 0 unspecified atom stereocenters. The summed E-state index contributed by atoms with van der Waals surface area (Å²) >= 11 is 0. The van der Waals surface area contributed by atoms with Gasteiger partial charge in [-0.2, -0.15) is 0 Å². The lowest BCUT2D eigenvalue weighted by atomic mass is 10.1. The summed E-state index contributed by atoms with van der Waals surface area (Å²) < 4.78 is 5.49. The van der Waals surface area contributed by atoms with E-state index in [1.54, 1.807) is 0 Å². The quantitative estimate of drug-likeness (QED) is 0.201. The van der Waals surface area contributed by atoms with E-state index in [2.05, 4.69) is 15.4 Å². The van der Waals surface area contributed by atoms with E-state index in [9.17, 15) is 0 Å². The number of hydrogen-bond donors (Lipinski definition) is 3. The molecule has 1 aromatic rings. The van der Waals surface area contributed by atoms with Crippen LogP contribution >= 0.6 is 0 Å². The zero-order valence-electron chi connectivity index (χ0n) is 12.2. The van der Waals surface area contributed by atoms with E-state index in [0.29, 0.717) is 13.2 Å². The zero-order chi connectivity index (χ0) is 14.8. The van der Waals surface area contributed by atoms with Gasteiger partial charge in [-0.15, -0.1) is 0 Å². The molecule has 0 aliphatic carbocycles. The SMILES string of the molecule is CN(C)CCOCCNCc1ccccc1/C(N)=N/O. The van der Waals surface area contributed by atoms with E-state index in [-0.39, 0.29) is 5.84 Å². The van der Waals surface area contributed by atoms with Gasteiger partial charge >= 0.3 is 0 Å². The Hall–Kier alpha value is -1.63. The first kappa shape index (κ1) is 16.4. The molecule has 112 valence electrons. The fourth-order valence-corrected chi connectivity index (χ4v) is 1.69. The molecule has 1 aromatic carbocycles. The number of ether oxygens (including phenoxy) is 1. The minimum absolute atomic E-state index is 0.129. The predicted molar refractivity (Wildman–Crippen MR) is 80.0 cm³/mol. The summed E-state index contributed by atoms with van der Waals surface area (Å²) in [6.07, 6.45) is 0. The second kappa shape index (κ2) is 9.30. The first-order valence-corrected chi connectivity index (χ1v) is 6.64. The molecule has 0 spiro atoms. The molecule has 0 heterocycles. The molecule has 20 heavy (non-hydrogen) atoms. The van der Waals surface area contributed by atoms with Crippen molar-refractivity contribution in [1.82, 2.24) is 10.2 Å². The van der Waals surface area contributed by atoms with Crippen molar-refractivity contribution in [2.24, 2.45) is 10.9 Å². The largest absolute Gasteiger partial charge is 0.409 e. The number of likely N-dealkylation sites (N-methyl/N-ethyl adjacent to an activating group) is 1. The molecule has 0 saturated carbocycles. The summed E-state index contributed by atoms with van der Waals surface area (Å²) in [7, 11) is 4.04. The molecule has 0 saturated heterocycles. The van der Waals surface area contributed by atoms with Crippen LogP contribution < -0.4 is 11.1 Å². The van der Waals surface area contributed by atoms with Crippen LogP contribution in [0.5, 0.6) is 0 Å². The highest BCUT2D eigenvalue weighted by atomic mass is 16.5. The molecule has 0 bridgehead atoms. The van der Waals surface area contributed by atoms with Gasteiger partial charge in [-0.05, 0) is 19.7 Å². The van der Waals surface area contributed by atoms with E-state index >= 15 is 0 Å². The first-order valence-electron chi connectivity index (χ1n) is 6.64. The summed E-state index contributed by atoms with van der Waals surface area (Å²) in [6, 6.07) is 7.58. The third-order valence-corrected chi connectivity index (χ3v) is 2.82. The van der Waals surface area contributed by atoms with Crippen molar-refractivity contribution in [3.63, 3.8) is 0 Å². The number of nitrogens with two attached hydrogens (primary N) is 1. The molecule has 0 aliphatic heterocycles. The molecule has 0 atom stereocenters. The summed E-state index contributed by atoms with van der Waals surface area (Å²) in [5, 5.41) is 15.1. The van der Waals surface area contributed by atoms with E-state index in [4.69, 9.17) is 15.7 Å². The van der Waals surface area contributed by atoms with Crippen molar-refractivity contribution in [1.29, 1.82) is 0 Å². The van der Waals surface area contributed by atoms with Crippen molar-refractivity contribution in [2.75, 3.05) is 40.4 Å². The third-order valence-electron chi connectivity index (χ3n) is 2.82. The van der Waals surface area contributed by atoms with Crippen molar-refractivity contribution in [3.8, 4) is 0 Å². The average molecular weight is 280 g/mol. The van der Waals surface area contributed by atoms with Gasteiger partial charge in [0.25, 0.3) is 0 Å². The minimum atomic E-state index is 0.129. The fraction of sp³-hybridized carbons (Fsp3) is 0.500. The molecule has 1 rings (SSSR count). The maximum absolute atomic E-state index is 8.74. The number of hydrogen-bond acceptors (Lipinski definition) is 5. The topological polar surface area (TPSA) is 83.1 Å². The number of rotatable bonds is 9. The van der Waals surface area contributed by atoms with Crippen LogP contribution in [-0.2, 0) is 11.3 Å². The molecule has 0 radical (unpaired) electrons. The highest BCUT2D eigenvalue weighted by molar-refractivity contribution is 5.98.